The number of rotatable bonds is 5. The predicted molar refractivity (Wildman–Crippen MR) is 145 cm³/mol. The maximum absolute atomic E-state index is 14.1. The molecule has 1 fully saturated rings. The molecule has 40 heavy (non-hydrogen) atoms. The number of hydrogen-bond acceptors (Lipinski definition) is 9. The molecule has 0 saturated carbocycles. The quantitative estimate of drug-likeness (QED) is 0.343. The summed E-state index contributed by atoms with van der Waals surface area (Å²) in [5.74, 6) is -1.60. The smallest absolute Gasteiger partial charge is 0.165 e. The van der Waals surface area contributed by atoms with Gasteiger partial charge >= 0.3 is 0 Å². The second-order valence-corrected chi connectivity index (χ2v) is 9.83. The molecule has 1 atom stereocenters. The molecule has 1 saturated heterocycles. The van der Waals surface area contributed by atoms with Crippen LogP contribution in [0.3, 0.4) is 0 Å². The highest BCUT2D eigenvalue weighted by molar-refractivity contribution is 5.81. The van der Waals surface area contributed by atoms with Crippen LogP contribution in [0.4, 0.5) is 20.3 Å². The SMILES string of the molecule is N#Cc1cccc([C@]2(N)CCCN(c3cnc(-c4ccc(F)c(F)c4)cc3Cn3cnc4c(N)ncnc43)C2)n1. The van der Waals surface area contributed by atoms with Crippen LogP contribution in [0, 0.1) is 23.0 Å². The summed E-state index contributed by atoms with van der Waals surface area (Å²) < 4.78 is 29.5. The standard InChI is InChI=1S/C28H24F2N10/c29-20-6-5-17(9-21(20)30)22-10-18(13-40-16-37-25-26(32)35-15-36-27(25)40)23(12-34-22)39-8-2-7-28(33,14-39)24-4-1-3-19(11-31)38-24/h1,3-6,9-10,12,15-16H,2,7-8,13-14,33H2,(H2,32,35,36)/t28-/m0/s1. The van der Waals surface area contributed by atoms with Gasteiger partial charge in [-0.05, 0) is 54.8 Å². The molecule has 12 heteroatoms. The van der Waals surface area contributed by atoms with Crippen LogP contribution in [-0.4, -0.2) is 42.6 Å². The summed E-state index contributed by atoms with van der Waals surface area (Å²) in [6.45, 7) is 1.50. The van der Waals surface area contributed by atoms with Crippen molar-refractivity contribution in [3.05, 3.63) is 89.9 Å². The van der Waals surface area contributed by atoms with Gasteiger partial charge in [0.2, 0.25) is 0 Å². The minimum Gasteiger partial charge on any atom is -0.382 e. The van der Waals surface area contributed by atoms with Crippen LogP contribution in [-0.2, 0) is 12.1 Å². The number of piperidine rings is 1. The van der Waals surface area contributed by atoms with Gasteiger partial charge in [0.05, 0.1) is 41.7 Å². The average Bonchev–Trinajstić information content (AvgIpc) is 3.38. The molecule has 10 nitrogen and oxygen atoms in total. The van der Waals surface area contributed by atoms with Crippen molar-refractivity contribution in [2.24, 2.45) is 5.73 Å². The molecular weight excluding hydrogens is 514 g/mol. The Morgan fingerprint density at radius 3 is 2.75 bits per heavy atom. The van der Waals surface area contributed by atoms with Crippen LogP contribution >= 0.6 is 0 Å². The summed E-state index contributed by atoms with van der Waals surface area (Å²) in [5.41, 5.74) is 16.7. The lowest BCUT2D eigenvalue weighted by molar-refractivity contribution is 0.345. The summed E-state index contributed by atoms with van der Waals surface area (Å²) in [5, 5.41) is 9.34. The lowest BCUT2D eigenvalue weighted by Crippen LogP contribution is -2.52. The first-order valence-electron chi connectivity index (χ1n) is 12.6. The Hall–Kier alpha value is -5.02. The van der Waals surface area contributed by atoms with Gasteiger partial charge in [0, 0.05) is 18.7 Å². The van der Waals surface area contributed by atoms with Gasteiger partial charge < -0.3 is 20.9 Å². The van der Waals surface area contributed by atoms with Crippen LogP contribution < -0.4 is 16.4 Å². The zero-order chi connectivity index (χ0) is 27.9. The van der Waals surface area contributed by atoms with Gasteiger partial charge in [0.1, 0.15) is 23.6 Å². The van der Waals surface area contributed by atoms with E-state index >= 15 is 0 Å². The summed E-state index contributed by atoms with van der Waals surface area (Å²) in [6.07, 6.45) is 6.23. The lowest BCUT2D eigenvalue weighted by Gasteiger charge is -2.41. The third kappa shape index (κ3) is 4.56. The van der Waals surface area contributed by atoms with E-state index in [1.54, 1.807) is 24.7 Å². The number of halogens is 2. The second-order valence-electron chi connectivity index (χ2n) is 9.83. The number of pyridine rings is 2. The van der Waals surface area contributed by atoms with Crippen molar-refractivity contribution in [3.63, 3.8) is 0 Å². The number of anilines is 2. The largest absolute Gasteiger partial charge is 0.382 e. The third-order valence-corrected chi connectivity index (χ3v) is 7.19. The lowest BCUT2D eigenvalue weighted by atomic mass is 9.86. The molecule has 200 valence electrons. The molecule has 4 aromatic heterocycles. The zero-order valence-corrected chi connectivity index (χ0v) is 21.3. The van der Waals surface area contributed by atoms with Crippen molar-refractivity contribution in [3.8, 4) is 17.3 Å². The van der Waals surface area contributed by atoms with Crippen molar-refractivity contribution < 1.29 is 8.78 Å². The highest BCUT2D eigenvalue weighted by Gasteiger charge is 2.36. The van der Waals surface area contributed by atoms with Crippen molar-refractivity contribution in [2.75, 3.05) is 23.7 Å². The number of imidazole rings is 1. The Morgan fingerprint density at radius 1 is 1.05 bits per heavy atom. The van der Waals surface area contributed by atoms with Crippen LogP contribution in [0.25, 0.3) is 22.4 Å². The topological polar surface area (TPSA) is 148 Å². The van der Waals surface area contributed by atoms with E-state index in [1.807, 2.05) is 16.7 Å². The van der Waals surface area contributed by atoms with Crippen molar-refractivity contribution in [1.29, 1.82) is 5.26 Å². The van der Waals surface area contributed by atoms with Gasteiger partial charge in [-0.25, -0.2) is 28.7 Å². The normalized spacial score (nSPS) is 17.2. The Kier molecular flexibility index (Phi) is 6.28. The Morgan fingerprint density at radius 2 is 1.93 bits per heavy atom. The molecule has 1 aromatic carbocycles. The van der Waals surface area contributed by atoms with Gasteiger partial charge in [0.15, 0.2) is 23.1 Å². The van der Waals surface area contributed by atoms with E-state index in [-0.39, 0.29) is 5.82 Å². The van der Waals surface area contributed by atoms with Crippen molar-refractivity contribution >= 4 is 22.7 Å². The number of nitrogens with zero attached hydrogens (tertiary/aromatic N) is 8. The van der Waals surface area contributed by atoms with Crippen LogP contribution in [0.15, 0.2) is 61.3 Å². The summed E-state index contributed by atoms with van der Waals surface area (Å²) in [7, 11) is 0. The first kappa shape index (κ1) is 25.3. The molecule has 0 bridgehead atoms. The van der Waals surface area contributed by atoms with E-state index in [1.165, 1.54) is 12.4 Å². The fraction of sp³-hybridized carbons (Fsp3) is 0.214. The van der Waals surface area contributed by atoms with Gasteiger partial charge in [-0.1, -0.05) is 6.07 Å². The molecule has 6 rings (SSSR count). The minimum atomic E-state index is -0.950. The first-order chi connectivity index (χ1) is 19.3. The van der Waals surface area contributed by atoms with Gasteiger partial charge in [-0.2, -0.15) is 5.26 Å². The summed E-state index contributed by atoms with van der Waals surface area (Å²) in [4.78, 5) is 24.0. The highest BCUT2D eigenvalue weighted by atomic mass is 19.2. The van der Waals surface area contributed by atoms with Gasteiger partial charge in [0.25, 0.3) is 0 Å². The molecule has 4 N–H and O–H groups in total. The van der Waals surface area contributed by atoms with Crippen molar-refractivity contribution in [2.45, 2.75) is 24.9 Å². The molecule has 0 aliphatic carbocycles. The number of aromatic nitrogens is 6. The van der Waals surface area contributed by atoms with Crippen LogP contribution in [0.5, 0.6) is 0 Å². The van der Waals surface area contributed by atoms with E-state index in [0.29, 0.717) is 53.3 Å². The minimum absolute atomic E-state index is 0.275. The molecule has 0 unspecified atom stereocenters. The first-order valence-corrected chi connectivity index (χ1v) is 12.6. The highest BCUT2D eigenvalue weighted by Crippen LogP contribution is 2.34. The average molecular weight is 539 g/mol. The van der Waals surface area contributed by atoms with Gasteiger partial charge in [-0.15, -0.1) is 0 Å². The third-order valence-electron chi connectivity index (χ3n) is 7.19. The maximum atomic E-state index is 14.1. The number of nitrogen functional groups attached to an aromatic ring is 1. The van der Waals surface area contributed by atoms with Crippen LogP contribution in [0.2, 0.25) is 0 Å². The Labute approximate surface area is 228 Å². The number of nitriles is 1. The van der Waals surface area contributed by atoms with E-state index in [9.17, 15) is 14.0 Å². The van der Waals surface area contributed by atoms with E-state index in [4.69, 9.17) is 11.5 Å². The Bertz CT molecular complexity index is 1780. The number of benzene rings is 1. The van der Waals surface area contributed by atoms with Crippen LogP contribution in [0.1, 0.15) is 29.8 Å². The molecule has 0 amide bonds. The monoisotopic (exact) mass is 538 g/mol. The predicted octanol–water partition coefficient (Wildman–Crippen LogP) is 3.52. The molecule has 1 aliphatic rings. The second kappa shape index (κ2) is 9.94. The maximum Gasteiger partial charge on any atom is 0.165 e. The molecule has 0 spiro atoms. The molecule has 0 radical (unpaired) electrons. The van der Waals surface area contributed by atoms with Crippen molar-refractivity contribution in [1.82, 2.24) is 29.5 Å². The number of hydrogen-bond donors (Lipinski definition) is 2. The van der Waals surface area contributed by atoms with E-state index < -0.39 is 17.2 Å². The van der Waals surface area contributed by atoms with E-state index in [0.717, 1.165) is 36.3 Å². The molecular formula is C28H24F2N10. The number of fused-ring (bicyclic) bond motifs is 1. The number of nitrogens with two attached hydrogens (primary N) is 2. The summed E-state index contributed by atoms with van der Waals surface area (Å²) >= 11 is 0. The summed E-state index contributed by atoms with van der Waals surface area (Å²) in [6, 6.07) is 12.9. The molecule has 5 aromatic rings. The Balaban J connectivity index is 1.42. The molecule has 5 heterocycles. The molecule has 1 aliphatic heterocycles. The fourth-order valence-corrected chi connectivity index (χ4v) is 5.19. The zero-order valence-electron chi connectivity index (χ0n) is 21.3. The van der Waals surface area contributed by atoms with E-state index in [2.05, 4.69) is 35.9 Å². The fourth-order valence-electron chi connectivity index (χ4n) is 5.19. The van der Waals surface area contributed by atoms with Gasteiger partial charge in [-0.3, -0.25) is 4.98 Å².